The van der Waals surface area contributed by atoms with E-state index in [0.29, 0.717) is 6.54 Å². The largest absolute Gasteiger partial charge is 0.331 e. The van der Waals surface area contributed by atoms with Gasteiger partial charge in [0.25, 0.3) is 5.56 Å². The lowest BCUT2D eigenvalue weighted by molar-refractivity contribution is 0.298. The van der Waals surface area contributed by atoms with Gasteiger partial charge >= 0.3 is 5.69 Å². The quantitative estimate of drug-likeness (QED) is 0.833. The van der Waals surface area contributed by atoms with E-state index in [1.807, 2.05) is 0 Å². The summed E-state index contributed by atoms with van der Waals surface area (Å²) in [5.41, 5.74) is -0.806. The third-order valence-corrected chi connectivity index (χ3v) is 3.62. The van der Waals surface area contributed by atoms with Crippen LogP contribution in [0.2, 0.25) is 0 Å². The molecule has 1 aromatic heterocycles. The Bertz CT molecular complexity index is 759. The van der Waals surface area contributed by atoms with Crippen molar-refractivity contribution in [1.82, 2.24) is 14.5 Å². The fourth-order valence-corrected chi connectivity index (χ4v) is 2.43. The Morgan fingerprint density at radius 2 is 2.11 bits per heavy atom. The molecule has 0 amide bonds. The highest BCUT2D eigenvalue weighted by Gasteiger charge is 2.21. The number of halogens is 1. The van der Waals surface area contributed by atoms with Crippen molar-refractivity contribution in [2.24, 2.45) is 13.0 Å². The Hall–Kier alpha value is -1.95. The molecule has 1 fully saturated rings. The van der Waals surface area contributed by atoms with E-state index in [4.69, 9.17) is 0 Å². The van der Waals surface area contributed by atoms with Gasteiger partial charge < -0.3 is 5.32 Å². The van der Waals surface area contributed by atoms with Gasteiger partial charge in [0.2, 0.25) is 0 Å². The van der Waals surface area contributed by atoms with Crippen molar-refractivity contribution in [2.75, 3.05) is 13.1 Å². The fraction of sp³-hybridized carbons (Fsp3) is 0.385. The maximum absolute atomic E-state index is 13.8. The molecule has 0 saturated carbocycles. The summed E-state index contributed by atoms with van der Waals surface area (Å²) in [6.07, 6.45) is 0. The number of para-hydroxylation sites is 1. The first kappa shape index (κ1) is 12.1. The highest BCUT2D eigenvalue weighted by molar-refractivity contribution is 5.78. The van der Waals surface area contributed by atoms with Gasteiger partial charge in [0, 0.05) is 32.6 Å². The van der Waals surface area contributed by atoms with E-state index in [0.717, 1.165) is 13.1 Å². The molecule has 1 N–H and O–H groups in total. The fourth-order valence-electron chi connectivity index (χ4n) is 2.43. The summed E-state index contributed by atoms with van der Waals surface area (Å²) in [4.78, 5) is 24.5. The van der Waals surface area contributed by atoms with Crippen molar-refractivity contribution in [1.29, 1.82) is 0 Å². The first-order valence-corrected chi connectivity index (χ1v) is 6.18. The Morgan fingerprint density at radius 1 is 1.37 bits per heavy atom. The number of aryl methyl sites for hydroxylation is 1. The highest BCUT2D eigenvalue weighted by Crippen LogP contribution is 2.12. The summed E-state index contributed by atoms with van der Waals surface area (Å²) in [6, 6.07) is 4.29. The van der Waals surface area contributed by atoms with Crippen LogP contribution in [0.4, 0.5) is 4.39 Å². The smallest absolute Gasteiger partial charge is 0.316 e. The zero-order valence-electron chi connectivity index (χ0n) is 10.5. The number of rotatable bonds is 2. The van der Waals surface area contributed by atoms with Crippen LogP contribution < -0.4 is 16.6 Å². The molecule has 0 atom stereocenters. The third-order valence-electron chi connectivity index (χ3n) is 3.62. The number of nitrogens with zero attached hydrogens (tertiary/aromatic N) is 2. The van der Waals surface area contributed by atoms with E-state index in [1.165, 1.54) is 28.3 Å². The molecule has 1 saturated heterocycles. The summed E-state index contributed by atoms with van der Waals surface area (Å²) >= 11 is 0. The van der Waals surface area contributed by atoms with Crippen molar-refractivity contribution in [3.8, 4) is 0 Å². The molecule has 3 rings (SSSR count). The van der Waals surface area contributed by atoms with Gasteiger partial charge in [0.15, 0.2) is 0 Å². The SMILES string of the molecule is Cn1c(=O)n(CC2CNC2)c(=O)c2cccc(F)c21. The minimum Gasteiger partial charge on any atom is -0.316 e. The van der Waals surface area contributed by atoms with Crippen molar-refractivity contribution in [3.05, 3.63) is 44.9 Å². The van der Waals surface area contributed by atoms with E-state index >= 15 is 0 Å². The second-order valence-electron chi connectivity index (χ2n) is 4.92. The average molecular weight is 263 g/mol. The van der Waals surface area contributed by atoms with Crippen LogP contribution in [0.25, 0.3) is 10.9 Å². The first-order chi connectivity index (χ1) is 9.09. The van der Waals surface area contributed by atoms with Gasteiger partial charge in [-0.25, -0.2) is 9.18 Å². The molecular weight excluding hydrogens is 249 g/mol. The molecule has 0 spiro atoms. The predicted molar refractivity (Wildman–Crippen MR) is 69.8 cm³/mol. The molecule has 1 aliphatic rings. The molecule has 0 bridgehead atoms. The predicted octanol–water partition coefficient (Wildman–Crippen LogP) is 0.0587. The lowest BCUT2D eigenvalue weighted by Gasteiger charge is -2.27. The summed E-state index contributed by atoms with van der Waals surface area (Å²) in [5.74, 6) is -0.261. The zero-order valence-corrected chi connectivity index (χ0v) is 10.5. The van der Waals surface area contributed by atoms with Crippen LogP contribution in [0.1, 0.15) is 0 Å². The number of aromatic nitrogens is 2. The molecular formula is C13H14FN3O2. The van der Waals surface area contributed by atoms with E-state index in [1.54, 1.807) is 6.07 Å². The monoisotopic (exact) mass is 263 g/mol. The van der Waals surface area contributed by atoms with Gasteiger partial charge in [-0.05, 0) is 12.1 Å². The molecule has 0 aliphatic carbocycles. The molecule has 2 heterocycles. The minimum absolute atomic E-state index is 0.0699. The van der Waals surface area contributed by atoms with Gasteiger partial charge in [0.1, 0.15) is 5.82 Å². The normalized spacial score (nSPS) is 15.7. The van der Waals surface area contributed by atoms with Crippen molar-refractivity contribution >= 4 is 10.9 Å². The molecule has 5 nitrogen and oxygen atoms in total. The second kappa shape index (κ2) is 4.31. The van der Waals surface area contributed by atoms with Crippen LogP contribution in [0.3, 0.4) is 0 Å². The maximum Gasteiger partial charge on any atom is 0.331 e. The Labute approximate surface area is 108 Å². The molecule has 100 valence electrons. The molecule has 1 aliphatic heterocycles. The lowest BCUT2D eigenvalue weighted by Crippen LogP contribution is -2.49. The summed E-state index contributed by atoms with van der Waals surface area (Å²) < 4.78 is 16.2. The van der Waals surface area contributed by atoms with E-state index in [2.05, 4.69) is 5.32 Å². The van der Waals surface area contributed by atoms with Crippen LogP contribution in [0, 0.1) is 11.7 Å². The molecule has 0 unspecified atom stereocenters. The Morgan fingerprint density at radius 3 is 2.74 bits per heavy atom. The van der Waals surface area contributed by atoms with Crippen LogP contribution in [0.5, 0.6) is 0 Å². The first-order valence-electron chi connectivity index (χ1n) is 6.18. The molecule has 1 aromatic carbocycles. The second-order valence-corrected chi connectivity index (χ2v) is 4.92. The van der Waals surface area contributed by atoms with Crippen LogP contribution >= 0.6 is 0 Å². The van der Waals surface area contributed by atoms with Crippen molar-refractivity contribution in [2.45, 2.75) is 6.54 Å². The summed E-state index contributed by atoms with van der Waals surface area (Å²) in [5, 5.41) is 3.34. The minimum atomic E-state index is -0.549. The zero-order chi connectivity index (χ0) is 13.6. The molecule has 6 heteroatoms. The molecule has 19 heavy (non-hydrogen) atoms. The van der Waals surface area contributed by atoms with Crippen LogP contribution in [-0.4, -0.2) is 22.2 Å². The number of hydrogen-bond acceptors (Lipinski definition) is 3. The average Bonchev–Trinajstić information content (AvgIpc) is 2.34. The van der Waals surface area contributed by atoms with Crippen molar-refractivity contribution < 1.29 is 4.39 Å². The number of nitrogens with one attached hydrogen (secondary N) is 1. The Kier molecular flexibility index (Phi) is 2.74. The van der Waals surface area contributed by atoms with Gasteiger partial charge in [-0.15, -0.1) is 0 Å². The maximum atomic E-state index is 13.8. The summed E-state index contributed by atoms with van der Waals surface area (Å²) in [7, 11) is 1.49. The topological polar surface area (TPSA) is 56.0 Å². The van der Waals surface area contributed by atoms with Crippen LogP contribution in [-0.2, 0) is 13.6 Å². The van der Waals surface area contributed by atoms with E-state index < -0.39 is 17.1 Å². The van der Waals surface area contributed by atoms with E-state index in [9.17, 15) is 14.0 Å². The Balaban J connectivity index is 2.29. The van der Waals surface area contributed by atoms with Crippen LogP contribution in [0.15, 0.2) is 27.8 Å². The number of fused-ring (bicyclic) bond motifs is 1. The lowest BCUT2D eigenvalue weighted by atomic mass is 10.0. The number of benzene rings is 1. The van der Waals surface area contributed by atoms with Crippen molar-refractivity contribution in [3.63, 3.8) is 0 Å². The summed E-state index contributed by atoms with van der Waals surface area (Å²) in [6.45, 7) is 1.98. The standard InChI is InChI=1S/C13H14FN3O2/c1-16-11-9(3-2-4-10(11)14)12(18)17(13(16)19)7-8-5-15-6-8/h2-4,8,15H,5-7H2,1H3. The third kappa shape index (κ3) is 1.79. The molecule has 2 aromatic rings. The number of hydrogen-bond donors (Lipinski definition) is 1. The van der Waals surface area contributed by atoms with Gasteiger partial charge in [0.05, 0.1) is 10.9 Å². The van der Waals surface area contributed by atoms with Gasteiger partial charge in [-0.3, -0.25) is 13.9 Å². The van der Waals surface area contributed by atoms with Gasteiger partial charge in [-0.2, -0.15) is 0 Å². The van der Waals surface area contributed by atoms with E-state index in [-0.39, 0.29) is 16.8 Å². The highest BCUT2D eigenvalue weighted by atomic mass is 19.1. The molecule has 0 radical (unpaired) electrons. The van der Waals surface area contributed by atoms with Gasteiger partial charge in [-0.1, -0.05) is 6.07 Å².